The number of hydrogen-bond acceptors (Lipinski definition) is 7. The fraction of sp³-hybridized carbons (Fsp3) is 0.308. The van der Waals surface area contributed by atoms with Crippen LogP contribution in [-0.2, 0) is 10.0 Å². The zero-order valence-corrected chi connectivity index (χ0v) is 22.0. The minimum atomic E-state index is -3.79. The Morgan fingerprint density at radius 1 is 0.944 bits per heavy atom. The number of thiophene rings is 1. The normalized spacial score (nSPS) is 14.5. The SMILES string of the molecule is CC(C)(C)S(=O)(=O)NC(=O)c1ccc(N2CCN(C(=O)c3cc(-c4cccc(O)c4)cs3)CC2)cc1. The number of aromatic hydroxyl groups is 1. The minimum Gasteiger partial charge on any atom is -0.508 e. The monoisotopic (exact) mass is 527 g/mol. The lowest BCUT2D eigenvalue weighted by molar-refractivity contribution is 0.0751. The molecule has 8 nitrogen and oxygen atoms in total. The highest BCUT2D eigenvalue weighted by Crippen LogP contribution is 2.29. The molecule has 4 rings (SSSR count). The summed E-state index contributed by atoms with van der Waals surface area (Å²) < 4.78 is 25.5. The average molecular weight is 528 g/mol. The van der Waals surface area contributed by atoms with Crippen LogP contribution in [0.2, 0.25) is 0 Å². The summed E-state index contributed by atoms with van der Waals surface area (Å²) in [6, 6.07) is 15.6. The van der Waals surface area contributed by atoms with E-state index < -0.39 is 20.7 Å². The van der Waals surface area contributed by atoms with E-state index in [0.717, 1.165) is 16.8 Å². The van der Waals surface area contributed by atoms with Crippen LogP contribution in [-0.4, -0.2) is 61.2 Å². The lowest BCUT2D eigenvalue weighted by atomic mass is 10.1. The molecule has 2 heterocycles. The standard InChI is InChI=1S/C26H29N3O5S2/c1-26(2,3)36(33,34)27-24(31)18-7-9-21(10-8-18)28-11-13-29(14-12-28)25(32)23-16-20(17-35-23)19-5-4-6-22(30)15-19/h4-10,15-17,30H,11-14H2,1-3H3,(H,27,31). The fourth-order valence-corrected chi connectivity index (χ4v) is 5.32. The Hall–Kier alpha value is -3.37. The van der Waals surface area contributed by atoms with Crippen molar-refractivity contribution in [3.8, 4) is 16.9 Å². The Labute approximate surface area is 215 Å². The van der Waals surface area contributed by atoms with Gasteiger partial charge in [0.05, 0.1) is 9.62 Å². The number of sulfonamides is 1. The number of piperazine rings is 1. The first-order valence-corrected chi connectivity index (χ1v) is 13.9. The van der Waals surface area contributed by atoms with Crippen LogP contribution in [0.5, 0.6) is 5.75 Å². The molecule has 0 spiro atoms. The van der Waals surface area contributed by atoms with Crippen LogP contribution >= 0.6 is 11.3 Å². The Kier molecular flexibility index (Phi) is 7.10. The van der Waals surface area contributed by atoms with Crippen molar-refractivity contribution in [3.63, 3.8) is 0 Å². The molecule has 190 valence electrons. The highest BCUT2D eigenvalue weighted by Gasteiger charge is 2.31. The van der Waals surface area contributed by atoms with Crippen molar-refractivity contribution >= 4 is 38.9 Å². The zero-order chi connectivity index (χ0) is 26.1. The lowest BCUT2D eigenvalue weighted by Gasteiger charge is -2.36. The summed E-state index contributed by atoms with van der Waals surface area (Å²) in [7, 11) is -3.79. The number of carbonyl (C=O) groups excluding carboxylic acids is 2. The summed E-state index contributed by atoms with van der Waals surface area (Å²) in [6.07, 6.45) is 0. The number of rotatable bonds is 5. The van der Waals surface area contributed by atoms with Gasteiger partial charge in [-0.3, -0.25) is 9.59 Å². The molecule has 2 amide bonds. The van der Waals surface area contributed by atoms with Gasteiger partial charge in [0.1, 0.15) is 5.75 Å². The van der Waals surface area contributed by atoms with Crippen molar-refractivity contribution in [3.05, 3.63) is 70.4 Å². The number of nitrogens with zero attached hydrogens (tertiary/aromatic N) is 2. The first-order valence-electron chi connectivity index (χ1n) is 11.5. The number of anilines is 1. The molecule has 2 aromatic carbocycles. The van der Waals surface area contributed by atoms with Gasteiger partial charge < -0.3 is 14.9 Å². The van der Waals surface area contributed by atoms with Crippen molar-refractivity contribution in [2.24, 2.45) is 0 Å². The first kappa shape index (κ1) is 25.7. The molecule has 3 aromatic rings. The molecule has 10 heteroatoms. The molecule has 2 N–H and O–H groups in total. The molecule has 0 radical (unpaired) electrons. The van der Waals surface area contributed by atoms with E-state index in [1.165, 1.54) is 32.1 Å². The van der Waals surface area contributed by atoms with Crippen molar-refractivity contribution in [1.82, 2.24) is 9.62 Å². The summed E-state index contributed by atoms with van der Waals surface area (Å²) in [6.45, 7) is 6.99. The molecule has 0 atom stereocenters. The van der Waals surface area contributed by atoms with Gasteiger partial charge in [-0.05, 0) is 79.7 Å². The molecular formula is C26H29N3O5S2. The molecule has 1 saturated heterocycles. The van der Waals surface area contributed by atoms with Crippen LogP contribution in [0.4, 0.5) is 5.69 Å². The molecule has 1 aliphatic rings. The molecule has 0 saturated carbocycles. The molecule has 0 aliphatic carbocycles. The minimum absolute atomic E-state index is 0.0156. The van der Waals surface area contributed by atoms with Gasteiger partial charge in [0, 0.05) is 37.4 Å². The van der Waals surface area contributed by atoms with Crippen LogP contribution in [0.15, 0.2) is 60.0 Å². The Morgan fingerprint density at radius 3 is 2.22 bits per heavy atom. The number of phenolic OH excluding ortho intramolecular Hbond substituents is 1. The number of phenols is 1. The van der Waals surface area contributed by atoms with Gasteiger partial charge in [0.25, 0.3) is 11.8 Å². The van der Waals surface area contributed by atoms with Crippen molar-refractivity contribution in [1.29, 1.82) is 0 Å². The van der Waals surface area contributed by atoms with Gasteiger partial charge in [-0.15, -0.1) is 11.3 Å². The zero-order valence-electron chi connectivity index (χ0n) is 20.4. The molecule has 0 unspecified atom stereocenters. The smallest absolute Gasteiger partial charge is 0.264 e. The fourth-order valence-electron chi connectivity index (χ4n) is 3.77. The van der Waals surface area contributed by atoms with Gasteiger partial charge in [-0.2, -0.15) is 0 Å². The number of hydrogen-bond donors (Lipinski definition) is 2. The van der Waals surface area contributed by atoms with E-state index in [4.69, 9.17) is 0 Å². The van der Waals surface area contributed by atoms with Crippen LogP contribution in [0.1, 0.15) is 40.8 Å². The summed E-state index contributed by atoms with van der Waals surface area (Å²) >= 11 is 1.39. The van der Waals surface area contributed by atoms with Crippen LogP contribution < -0.4 is 9.62 Å². The largest absolute Gasteiger partial charge is 0.508 e. The maximum Gasteiger partial charge on any atom is 0.264 e. The second-order valence-electron chi connectivity index (χ2n) is 9.62. The van der Waals surface area contributed by atoms with E-state index >= 15 is 0 Å². The van der Waals surface area contributed by atoms with E-state index in [-0.39, 0.29) is 17.2 Å². The third-order valence-corrected chi connectivity index (χ3v) is 9.07. The van der Waals surface area contributed by atoms with Crippen LogP contribution in [0, 0.1) is 0 Å². The highest BCUT2D eigenvalue weighted by molar-refractivity contribution is 7.91. The Bertz CT molecular complexity index is 1370. The van der Waals surface area contributed by atoms with Gasteiger partial charge >= 0.3 is 0 Å². The van der Waals surface area contributed by atoms with Crippen LogP contribution in [0.3, 0.4) is 0 Å². The Morgan fingerprint density at radius 2 is 1.61 bits per heavy atom. The number of benzene rings is 2. The van der Waals surface area contributed by atoms with Crippen molar-refractivity contribution in [2.45, 2.75) is 25.5 Å². The predicted octanol–water partition coefficient (Wildman–Crippen LogP) is 3.94. The molecular weight excluding hydrogens is 498 g/mol. The summed E-state index contributed by atoms with van der Waals surface area (Å²) in [5.74, 6) is -0.489. The second-order valence-corrected chi connectivity index (χ2v) is 13.0. The van der Waals surface area contributed by atoms with E-state index in [0.29, 0.717) is 31.1 Å². The molecule has 1 fully saturated rings. The highest BCUT2D eigenvalue weighted by atomic mass is 32.2. The summed E-state index contributed by atoms with van der Waals surface area (Å²) in [5, 5.41) is 11.6. The lowest BCUT2D eigenvalue weighted by Crippen LogP contribution is -2.48. The topological polar surface area (TPSA) is 107 Å². The second kappa shape index (κ2) is 9.94. The van der Waals surface area contributed by atoms with E-state index in [9.17, 15) is 23.1 Å². The first-order chi connectivity index (χ1) is 16.9. The third kappa shape index (κ3) is 5.55. The quantitative estimate of drug-likeness (QED) is 0.521. The van der Waals surface area contributed by atoms with Gasteiger partial charge in [-0.25, -0.2) is 13.1 Å². The number of carbonyl (C=O) groups is 2. The van der Waals surface area contributed by atoms with Crippen molar-refractivity contribution < 1.29 is 23.1 Å². The van der Waals surface area contributed by atoms with Crippen molar-refractivity contribution in [2.75, 3.05) is 31.1 Å². The van der Waals surface area contributed by atoms with E-state index in [1.807, 2.05) is 22.4 Å². The molecule has 1 aromatic heterocycles. The average Bonchev–Trinajstić information content (AvgIpc) is 3.33. The molecule has 0 bridgehead atoms. The predicted molar refractivity (Wildman–Crippen MR) is 142 cm³/mol. The van der Waals surface area contributed by atoms with E-state index in [1.54, 1.807) is 42.5 Å². The maximum atomic E-state index is 13.0. The Balaban J connectivity index is 1.35. The van der Waals surface area contributed by atoms with Gasteiger partial charge in [-0.1, -0.05) is 12.1 Å². The number of amides is 2. The summed E-state index contributed by atoms with van der Waals surface area (Å²) in [5.41, 5.74) is 2.93. The number of nitrogens with one attached hydrogen (secondary N) is 1. The third-order valence-electron chi connectivity index (χ3n) is 6.08. The maximum absolute atomic E-state index is 13.0. The molecule has 36 heavy (non-hydrogen) atoms. The summed E-state index contributed by atoms with van der Waals surface area (Å²) in [4.78, 5) is 30.0. The molecule has 1 aliphatic heterocycles. The van der Waals surface area contributed by atoms with Crippen LogP contribution in [0.25, 0.3) is 11.1 Å². The van der Waals surface area contributed by atoms with E-state index in [2.05, 4.69) is 9.62 Å². The van der Waals surface area contributed by atoms with Gasteiger partial charge in [0.15, 0.2) is 0 Å². The van der Waals surface area contributed by atoms with Gasteiger partial charge in [0.2, 0.25) is 10.0 Å².